The molecule has 2 aliphatic rings. The molecule has 27 heavy (non-hydrogen) atoms. The van der Waals surface area contributed by atoms with Gasteiger partial charge in [0.05, 0.1) is 0 Å². The molecule has 0 aromatic carbocycles. The highest BCUT2D eigenvalue weighted by atomic mass is 35.5. The number of aromatic nitrogens is 2. The number of halogens is 1. The van der Waals surface area contributed by atoms with Crippen LogP contribution in [-0.2, 0) is 11.2 Å². The molecular formula is C19H25ClN4O2S. The zero-order valence-corrected chi connectivity index (χ0v) is 17.4. The highest BCUT2D eigenvalue weighted by Gasteiger charge is 2.34. The fourth-order valence-corrected chi connectivity index (χ4v) is 5.45. The number of piperazine rings is 1. The van der Waals surface area contributed by atoms with Gasteiger partial charge in [-0.2, -0.15) is 0 Å². The van der Waals surface area contributed by atoms with Crippen molar-refractivity contribution >= 4 is 39.7 Å². The highest BCUT2D eigenvalue weighted by Crippen LogP contribution is 2.29. The summed E-state index contributed by atoms with van der Waals surface area (Å²) < 4.78 is 1.87. The van der Waals surface area contributed by atoms with Gasteiger partial charge in [0, 0.05) is 30.2 Å². The Kier molecular flexibility index (Phi) is 5.16. The Morgan fingerprint density at radius 3 is 2.74 bits per heavy atom. The number of rotatable bonds is 4. The second-order valence-electron chi connectivity index (χ2n) is 7.95. The molecule has 1 aliphatic carbocycles. The summed E-state index contributed by atoms with van der Waals surface area (Å²) in [4.78, 5) is 34.3. The minimum absolute atomic E-state index is 0.0409. The number of amides is 2. The maximum Gasteiger partial charge on any atom is 0.276 e. The van der Waals surface area contributed by atoms with Gasteiger partial charge in [0.25, 0.3) is 5.91 Å². The lowest BCUT2D eigenvalue weighted by atomic mass is 10.1. The number of hydrogen-bond donors (Lipinski definition) is 0. The second-order valence-corrected chi connectivity index (χ2v) is 9.14. The number of nitrogens with zero attached hydrogens (tertiary/aromatic N) is 4. The SMILES string of the molecule is CC(C)Cc1csc2nc(C(=O)N3CCN(C4CCCC4)C(=O)C3)c(Cl)n12. The summed E-state index contributed by atoms with van der Waals surface area (Å²) in [6, 6.07) is 0.356. The van der Waals surface area contributed by atoms with Crippen LogP contribution in [0.5, 0.6) is 0 Å². The molecule has 8 heteroatoms. The molecule has 3 heterocycles. The van der Waals surface area contributed by atoms with Crippen LogP contribution in [0.1, 0.15) is 55.7 Å². The molecule has 0 bridgehead atoms. The standard InChI is InChI=1S/C19H25ClN4O2S/c1-12(2)9-14-11-27-19-21-16(17(20)24(14)19)18(26)22-7-8-23(15(25)10-22)13-5-3-4-6-13/h11-13H,3-10H2,1-2H3. The number of thiazole rings is 1. The molecule has 0 unspecified atom stereocenters. The maximum atomic E-state index is 13.0. The predicted octanol–water partition coefficient (Wildman–Crippen LogP) is 3.47. The number of hydrogen-bond acceptors (Lipinski definition) is 4. The van der Waals surface area contributed by atoms with E-state index in [1.807, 2.05) is 14.7 Å². The van der Waals surface area contributed by atoms with Crippen molar-refractivity contribution in [3.8, 4) is 0 Å². The lowest BCUT2D eigenvalue weighted by Crippen LogP contribution is -2.55. The van der Waals surface area contributed by atoms with Crippen molar-refractivity contribution in [3.63, 3.8) is 0 Å². The monoisotopic (exact) mass is 408 g/mol. The number of imidazole rings is 1. The van der Waals surface area contributed by atoms with Crippen LogP contribution in [0.3, 0.4) is 0 Å². The van der Waals surface area contributed by atoms with Crippen molar-refractivity contribution in [1.82, 2.24) is 19.2 Å². The molecule has 1 saturated heterocycles. The van der Waals surface area contributed by atoms with Crippen LogP contribution in [-0.4, -0.2) is 56.7 Å². The molecule has 6 nitrogen and oxygen atoms in total. The second kappa shape index (κ2) is 7.43. The summed E-state index contributed by atoms with van der Waals surface area (Å²) in [5.74, 6) is 0.284. The van der Waals surface area contributed by atoms with Gasteiger partial charge < -0.3 is 9.80 Å². The number of carbonyl (C=O) groups is 2. The van der Waals surface area contributed by atoms with E-state index >= 15 is 0 Å². The van der Waals surface area contributed by atoms with Crippen molar-refractivity contribution in [2.75, 3.05) is 19.6 Å². The molecule has 0 radical (unpaired) electrons. The van der Waals surface area contributed by atoms with E-state index < -0.39 is 0 Å². The Balaban J connectivity index is 1.52. The van der Waals surface area contributed by atoms with Crippen LogP contribution in [0.2, 0.25) is 5.15 Å². The lowest BCUT2D eigenvalue weighted by molar-refractivity contribution is -0.137. The Morgan fingerprint density at radius 2 is 2.07 bits per heavy atom. The van der Waals surface area contributed by atoms with Crippen LogP contribution in [0, 0.1) is 5.92 Å². The first-order valence-corrected chi connectivity index (χ1v) is 10.9. The maximum absolute atomic E-state index is 13.0. The van der Waals surface area contributed by atoms with Gasteiger partial charge in [-0.15, -0.1) is 11.3 Å². The first kappa shape index (κ1) is 18.7. The number of fused-ring (bicyclic) bond motifs is 1. The van der Waals surface area contributed by atoms with Gasteiger partial charge in [-0.25, -0.2) is 4.98 Å². The van der Waals surface area contributed by atoms with E-state index in [0.717, 1.165) is 29.9 Å². The minimum atomic E-state index is -0.245. The summed E-state index contributed by atoms with van der Waals surface area (Å²) in [6.07, 6.45) is 5.43. The Morgan fingerprint density at radius 1 is 1.33 bits per heavy atom. The summed E-state index contributed by atoms with van der Waals surface area (Å²) in [5.41, 5.74) is 1.33. The third kappa shape index (κ3) is 3.47. The van der Waals surface area contributed by atoms with Gasteiger partial charge in [-0.1, -0.05) is 38.3 Å². The van der Waals surface area contributed by atoms with Crippen LogP contribution >= 0.6 is 22.9 Å². The molecule has 146 valence electrons. The average Bonchev–Trinajstić information content (AvgIpc) is 3.34. The first-order chi connectivity index (χ1) is 13.0. The fraction of sp³-hybridized carbons (Fsp3) is 0.632. The Hall–Kier alpha value is -1.60. The Bertz CT molecular complexity index is 869. The Labute approximate surface area is 168 Å². The van der Waals surface area contributed by atoms with Gasteiger partial charge >= 0.3 is 0 Å². The van der Waals surface area contributed by atoms with E-state index in [1.54, 1.807) is 4.90 Å². The molecule has 4 rings (SSSR count). The van der Waals surface area contributed by atoms with E-state index in [1.165, 1.54) is 24.2 Å². The van der Waals surface area contributed by atoms with Crippen molar-refractivity contribution in [2.24, 2.45) is 5.92 Å². The molecule has 1 saturated carbocycles. The van der Waals surface area contributed by atoms with Crippen molar-refractivity contribution in [3.05, 3.63) is 21.9 Å². The predicted molar refractivity (Wildman–Crippen MR) is 106 cm³/mol. The van der Waals surface area contributed by atoms with Crippen LogP contribution in [0.15, 0.2) is 5.38 Å². The zero-order chi connectivity index (χ0) is 19.1. The van der Waals surface area contributed by atoms with E-state index in [9.17, 15) is 9.59 Å². The van der Waals surface area contributed by atoms with E-state index in [-0.39, 0.29) is 24.1 Å². The quantitative estimate of drug-likeness (QED) is 0.778. The van der Waals surface area contributed by atoms with Gasteiger partial charge in [-0.05, 0) is 25.2 Å². The highest BCUT2D eigenvalue weighted by molar-refractivity contribution is 7.15. The van der Waals surface area contributed by atoms with E-state index in [4.69, 9.17) is 11.6 Å². The van der Waals surface area contributed by atoms with Crippen LogP contribution < -0.4 is 0 Å². The van der Waals surface area contributed by atoms with Gasteiger partial charge in [0.1, 0.15) is 11.7 Å². The van der Waals surface area contributed by atoms with Crippen LogP contribution in [0.4, 0.5) is 0 Å². The normalized spacial score (nSPS) is 19.0. The van der Waals surface area contributed by atoms with Crippen molar-refractivity contribution < 1.29 is 9.59 Å². The molecule has 0 N–H and O–H groups in total. The number of carbonyl (C=O) groups excluding carboxylic acids is 2. The molecule has 1 aliphatic heterocycles. The molecule has 2 aromatic rings. The smallest absolute Gasteiger partial charge is 0.276 e. The summed E-state index contributed by atoms with van der Waals surface area (Å²) in [6.45, 7) is 5.57. The molecule has 2 fully saturated rings. The third-order valence-electron chi connectivity index (χ3n) is 5.51. The van der Waals surface area contributed by atoms with Gasteiger partial charge in [0.2, 0.25) is 5.91 Å². The third-order valence-corrected chi connectivity index (χ3v) is 6.73. The molecule has 0 spiro atoms. The van der Waals surface area contributed by atoms with Crippen LogP contribution in [0.25, 0.3) is 4.96 Å². The fourth-order valence-electron chi connectivity index (χ4n) is 4.19. The largest absolute Gasteiger partial charge is 0.336 e. The molecule has 2 amide bonds. The molecular weight excluding hydrogens is 384 g/mol. The summed E-state index contributed by atoms with van der Waals surface area (Å²) >= 11 is 8.03. The molecule has 0 atom stereocenters. The van der Waals surface area contributed by atoms with Gasteiger partial charge in [0.15, 0.2) is 10.7 Å². The van der Waals surface area contributed by atoms with Crippen molar-refractivity contribution in [1.29, 1.82) is 0 Å². The van der Waals surface area contributed by atoms with E-state index in [0.29, 0.717) is 30.2 Å². The molecule has 2 aromatic heterocycles. The van der Waals surface area contributed by atoms with Crippen molar-refractivity contribution in [2.45, 2.75) is 52.0 Å². The summed E-state index contributed by atoms with van der Waals surface area (Å²) in [7, 11) is 0. The summed E-state index contributed by atoms with van der Waals surface area (Å²) in [5, 5.41) is 2.41. The topological polar surface area (TPSA) is 57.9 Å². The zero-order valence-electron chi connectivity index (χ0n) is 15.8. The minimum Gasteiger partial charge on any atom is -0.336 e. The van der Waals surface area contributed by atoms with Gasteiger partial charge in [-0.3, -0.25) is 14.0 Å². The van der Waals surface area contributed by atoms with E-state index in [2.05, 4.69) is 18.8 Å². The lowest BCUT2D eigenvalue weighted by Gasteiger charge is -2.37. The first-order valence-electron chi connectivity index (χ1n) is 9.68. The average molecular weight is 409 g/mol.